The Bertz CT molecular complexity index is 724. The van der Waals surface area contributed by atoms with Gasteiger partial charge < -0.3 is 14.2 Å². The largest absolute Gasteiger partial charge is 0.376 e. The SMILES string of the molecule is Cc1cc(C(=O)N2CC[C@@H](OCC3CC3)[C@@H]2Cc2ccccc2)no1. The third-order valence-corrected chi connectivity index (χ3v) is 5.12. The molecule has 0 radical (unpaired) electrons. The van der Waals surface area contributed by atoms with Gasteiger partial charge in [0.15, 0.2) is 5.69 Å². The van der Waals surface area contributed by atoms with Gasteiger partial charge in [-0.3, -0.25) is 4.79 Å². The summed E-state index contributed by atoms with van der Waals surface area (Å²) in [4.78, 5) is 14.8. The Morgan fingerprint density at radius 2 is 2.08 bits per heavy atom. The molecule has 4 rings (SSSR count). The number of hydrogen-bond donors (Lipinski definition) is 0. The fraction of sp³-hybridized carbons (Fsp3) is 0.500. The van der Waals surface area contributed by atoms with E-state index in [1.54, 1.807) is 13.0 Å². The first-order valence-electron chi connectivity index (χ1n) is 9.10. The maximum absolute atomic E-state index is 12.9. The van der Waals surface area contributed by atoms with Crippen molar-refractivity contribution in [2.24, 2.45) is 5.92 Å². The van der Waals surface area contributed by atoms with Gasteiger partial charge in [0.05, 0.1) is 12.1 Å². The van der Waals surface area contributed by atoms with E-state index < -0.39 is 0 Å². The van der Waals surface area contributed by atoms with Crippen LogP contribution in [0.1, 0.15) is 41.1 Å². The van der Waals surface area contributed by atoms with E-state index in [0.29, 0.717) is 18.0 Å². The summed E-state index contributed by atoms with van der Waals surface area (Å²) < 4.78 is 11.3. The molecule has 2 atom stereocenters. The number of carbonyl (C=O) groups excluding carboxylic acids is 1. The summed E-state index contributed by atoms with van der Waals surface area (Å²) in [7, 11) is 0. The quantitative estimate of drug-likeness (QED) is 0.810. The first kappa shape index (κ1) is 16.3. The van der Waals surface area contributed by atoms with Crippen LogP contribution in [0.2, 0.25) is 0 Å². The molecule has 2 aromatic rings. The molecule has 2 aliphatic rings. The van der Waals surface area contributed by atoms with Crippen molar-refractivity contribution < 1.29 is 14.1 Å². The zero-order valence-corrected chi connectivity index (χ0v) is 14.6. The molecule has 2 fully saturated rings. The zero-order chi connectivity index (χ0) is 17.2. The molecule has 0 unspecified atom stereocenters. The topological polar surface area (TPSA) is 55.6 Å². The van der Waals surface area contributed by atoms with Crippen molar-refractivity contribution in [1.29, 1.82) is 0 Å². The van der Waals surface area contributed by atoms with Gasteiger partial charge in [-0.25, -0.2) is 0 Å². The molecule has 0 spiro atoms. The molecular formula is C20H24N2O3. The smallest absolute Gasteiger partial charge is 0.276 e. The van der Waals surface area contributed by atoms with Gasteiger partial charge in [0.1, 0.15) is 5.76 Å². The van der Waals surface area contributed by atoms with Crippen LogP contribution in [0.25, 0.3) is 0 Å². The van der Waals surface area contributed by atoms with Crippen LogP contribution in [0.15, 0.2) is 40.9 Å². The van der Waals surface area contributed by atoms with Gasteiger partial charge in [-0.15, -0.1) is 0 Å². The third kappa shape index (κ3) is 3.76. The Kier molecular flexibility index (Phi) is 4.57. The van der Waals surface area contributed by atoms with Gasteiger partial charge >= 0.3 is 0 Å². The van der Waals surface area contributed by atoms with E-state index in [-0.39, 0.29) is 18.1 Å². The van der Waals surface area contributed by atoms with Crippen LogP contribution in [-0.2, 0) is 11.2 Å². The van der Waals surface area contributed by atoms with Crippen molar-refractivity contribution in [1.82, 2.24) is 10.1 Å². The summed E-state index contributed by atoms with van der Waals surface area (Å²) in [6.45, 7) is 3.33. The standard InChI is InChI=1S/C20H24N2O3/c1-14-11-17(21-25-14)20(23)22-10-9-19(24-13-16-7-8-16)18(22)12-15-5-3-2-4-6-15/h2-6,11,16,18-19H,7-10,12-13H2,1H3/t18-,19+/m0/s1. The van der Waals surface area contributed by atoms with Crippen molar-refractivity contribution in [3.63, 3.8) is 0 Å². The van der Waals surface area contributed by atoms with Gasteiger partial charge in [-0.05, 0) is 44.1 Å². The number of amides is 1. The second-order valence-electron chi connectivity index (χ2n) is 7.18. The second-order valence-corrected chi connectivity index (χ2v) is 7.18. The number of carbonyl (C=O) groups is 1. The minimum absolute atomic E-state index is 0.0469. The van der Waals surface area contributed by atoms with Crippen LogP contribution in [0, 0.1) is 12.8 Å². The van der Waals surface area contributed by atoms with Crippen molar-refractivity contribution >= 4 is 5.91 Å². The van der Waals surface area contributed by atoms with E-state index in [4.69, 9.17) is 9.26 Å². The number of nitrogens with zero attached hydrogens (tertiary/aromatic N) is 2. The Balaban J connectivity index is 1.52. The molecule has 1 amide bonds. The van der Waals surface area contributed by atoms with Gasteiger partial charge in [-0.2, -0.15) is 0 Å². The van der Waals surface area contributed by atoms with E-state index in [9.17, 15) is 4.79 Å². The lowest BCUT2D eigenvalue weighted by atomic mass is 10.0. The predicted octanol–water partition coefficient (Wildman–Crippen LogP) is 3.24. The molecule has 1 aromatic heterocycles. The van der Waals surface area contributed by atoms with E-state index in [1.807, 2.05) is 23.1 Å². The van der Waals surface area contributed by atoms with Crippen LogP contribution < -0.4 is 0 Å². The molecule has 25 heavy (non-hydrogen) atoms. The Labute approximate surface area is 147 Å². The van der Waals surface area contributed by atoms with Crippen molar-refractivity contribution in [2.75, 3.05) is 13.2 Å². The fourth-order valence-electron chi connectivity index (χ4n) is 3.53. The lowest BCUT2D eigenvalue weighted by molar-refractivity contribution is 0.0197. The average Bonchev–Trinajstić information content (AvgIpc) is 3.23. The molecule has 1 aliphatic heterocycles. The Morgan fingerprint density at radius 3 is 2.76 bits per heavy atom. The van der Waals surface area contributed by atoms with E-state index >= 15 is 0 Å². The molecule has 5 heteroatoms. The maximum atomic E-state index is 12.9. The molecule has 1 saturated heterocycles. The Hall–Kier alpha value is -2.14. The number of benzene rings is 1. The number of rotatable bonds is 6. The molecule has 1 aliphatic carbocycles. The number of aromatic nitrogens is 1. The predicted molar refractivity (Wildman–Crippen MR) is 93.3 cm³/mol. The average molecular weight is 340 g/mol. The maximum Gasteiger partial charge on any atom is 0.276 e. The van der Waals surface area contributed by atoms with Crippen molar-refractivity contribution in [2.45, 2.75) is 44.8 Å². The summed E-state index contributed by atoms with van der Waals surface area (Å²) in [5.41, 5.74) is 1.61. The first-order valence-corrected chi connectivity index (χ1v) is 9.10. The van der Waals surface area contributed by atoms with E-state index in [2.05, 4.69) is 17.3 Å². The lowest BCUT2D eigenvalue weighted by Crippen LogP contribution is -2.42. The van der Waals surface area contributed by atoms with E-state index in [0.717, 1.165) is 25.4 Å². The van der Waals surface area contributed by atoms with E-state index in [1.165, 1.54) is 18.4 Å². The lowest BCUT2D eigenvalue weighted by Gasteiger charge is -2.28. The molecule has 2 heterocycles. The highest BCUT2D eigenvalue weighted by Crippen LogP contribution is 2.32. The van der Waals surface area contributed by atoms with Gasteiger partial charge in [-0.1, -0.05) is 35.5 Å². The van der Waals surface area contributed by atoms with Crippen LogP contribution in [0.5, 0.6) is 0 Å². The summed E-state index contributed by atoms with van der Waals surface area (Å²) in [5.74, 6) is 1.32. The molecule has 1 saturated carbocycles. The number of likely N-dealkylation sites (tertiary alicyclic amines) is 1. The minimum Gasteiger partial charge on any atom is -0.376 e. The number of hydrogen-bond acceptors (Lipinski definition) is 4. The zero-order valence-electron chi connectivity index (χ0n) is 14.6. The van der Waals surface area contributed by atoms with Crippen molar-refractivity contribution in [3.05, 3.63) is 53.4 Å². The highest BCUT2D eigenvalue weighted by molar-refractivity contribution is 5.92. The highest BCUT2D eigenvalue weighted by Gasteiger charge is 2.39. The monoisotopic (exact) mass is 340 g/mol. The van der Waals surface area contributed by atoms with Crippen molar-refractivity contribution in [3.8, 4) is 0 Å². The molecule has 132 valence electrons. The Morgan fingerprint density at radius 1 is 1.28 bits per heavy atom. The summed E-state index contributed by atoms with van der Waals surface area (Å²) in [6, 6.07) is 12.1. The third-order valence-electron chi connectivity index (χ3n) is 5.12. The second kappa shape index (κ2) is 7.00. The normalized spacial score (nSPS) is 23.2. The van der Waals surface area contributed by atoms with Gasteiger partial charge in [0, 0.05) is 19.2 Å². The van der Waals surface area contributed by atoms with Gasteiger partial charge in [0.2, 0.25) is 0 Å². The van der Waals surface area contributed by atoms with Crippen LogP contribution >= 0.6 is 0 Å². The number of ether oxygens (including phenoxy) is 1. The first-order chi connectivity index (χ1) is 12.2. The van der Waals surface area contributed by atoms with Crippen LogP contribution in [-0.4, -0.2) is 41.3 Å². The number of aryl methyl sites for hydroxylation is 1. The molecule has 0 bridgehead atoms. The van der Waals surface area contributed by atoms with Crippen LogP contribution in [0.4, 0.5) is 0 Å². The molecule has 1 aromatic carbocycles. The van der Waals surface area contributed by atoms with Crippen LogP contribution in [0.3, 0.4) is 0 Å². The highest BCUT2D eigenvalue weighted by atomic mass is 16.5. The summed E-state index contributed by atoms with van der Waals surface area (Å²) in [6.07, 6.45) is 4.33. The fourth-order valence-corrected chi connectivity index (χ4v) is 3.53. The molecule has 0 N–H and O–H groups in total. The molecular weight excluding hydrogens is 316 g/mol. The summed E-state index contributed by atoms with van der Waals surface area (Å²) >= 11 is 0. The van der Waals surface area contributed by atoms with Gasteiger partial charge in [0.25, 0.3) is 5.91 Å². The minimum atomic E-state index is -0.0599. The summed E-state index contributed by atoms with van der Waals surface area (Å²) in [5, 5.41) is 3.90. The molecule has 5 nitrogen and oxygen atoms in total.